The molecule has 0 bridgehead atoms. The molecule has 0 aromatic heterocycles. The molecule has 0 saturated heterocycles. The van der Waals surface area contributed by atoms with Crippen LogP contribution in [0.2, 0.25) is 0 Å². The molecule has 0 atom stereocenters. The van der Waals surface area contributed by atoms with Crippen molar-refractivity contribution in [1.29, 1.82) is 0 Å². The Labute approximate surface area is 110 Å². The van der Waals surface area contributed by atoms with Crippen molar-refractivity contribution < 1.29 is 9.47 Å². The molecule has 1 N–H and O–H groups in total. The Morgan fingerprint density at radius 2 is 1.83 bits per heavy atom. The first kappa shape index (κ1) is 14.8. The summed E-state index contributed by atoms with van der Waals surface area (Å²) in [6.07, 6.45) is 1.06. The summed E-state index contributed by atoms with van der Waals surface area (Å²) in [4.78, 5) is 2.22. The van der Waals surface area contributed by atoms with Gasteiger partial charge in [-0.05, 0) is 37.2 Å². The predicted molar refractivity (Wildman–Crippen MR) is 75.6 cm³/mol. The van der Waals surface area contributed by atoms with E-state index in [0.717, 1.165) is 38.4 Å². The van der Waals surface area contributed by atoms with Crippen molar-refractivity contribution in [2.75, 3.05) is 52.4 Å². The van der Waals surface area contributed by atoms with Crippen LogP contribution < -0.4 is 15.0 Å². The van der Waals surface area contributed by atoms with Crippen molar-refractivity contribution in [2.24, 2.45) is 0 Å². The maximum atomic E-state index is 5.14. The molecule has 0 amide bonds. The highest BCUT2D eigenvalue weighted by molar-refractivity contribution is 5.48. The number of rotatable bonds is 9. The van der Waals surface area contributed by atoms with E-state index in [1.807, 2.05) is 12.1 Å². The van der Waals surface area contributed by atoms with Gasteiger partial charge in [0, 0.05) is 39.5 Å². The van der Waals surface area contributed by atoms with Crippen molar-refractivity contribution in [3.63, 3.8) is 0 Å². The number of nitrogens with zero attached hydrogens (tertiary/aromatic N) is 1. The van der Waals surface area contributed by atoms with E-state index in [1.165, 1.54) is 5.69 Å². The molecule has 4 heteroatoms. The van der Waals surface area contributed by atoms with E-state index < -0.39 is 0 Å². The van der Waals surface area contributed by atoms with Gasteiger partial charge in [-0.2, -0.15) is 0 Å². The van der Waals surface area contributed by atoms with Gasteiger partial charge in [0.15, 0.2) is 0 Å². The highest BCUT2D eigenvalue weighted by Crippen LogP contribution is 2.17. The molecule has 0 aliphatic rings. The fourth-order valence-electron chi connectivity index (χ4n) is 1.68. The lowest BCUT2D eigenvalue weighted by molar-refractivity contribution is 0.194. The number of hydrogen-bond donors (Lipinski definition) is 1. The summed E-state index contributed by atoms with van der Waals surface area (Å²) in [5.74, 6) is 0.893. The SMILES string of the molecule is COCCCNCCN(C)c1ccc(OC)cc1. The van der Waals surface area contributed by atoms with Crippen LogP contribution in [-0.2, 0) is 4.74 Å². The molecular weight excluding hydrogens is 228 g/mol. The van der Waals surface area contributed by atoms with E-state index in [2.05, 4.69) is 29.4 Å². The number of methoxy groups -OCH3 is 2. The highest BCUT2D eigenvalue weighted by atomic mass is 16.5. The number of nitrogens with one attached hydrogen (secondary N) is 1. The average molecular weight is 252 g/mol. The molecule has 18 heavy (non-hydrogen) atoms. The van der Waals surface area contributed by atoms with Crippen molar-refractivity contribution in [2.45, 2.75) is 6.42 Å². The standard InChI is InChI=1S/C14H24N2O2/c1-16(11-10-15-9-4-12-17-2)13-5-7-14(18-3)8-6-13/h5-8,15H,4,9-12H2,1-3H3. The third kappa shape index (κ3) is 5.38. The quantitative estimate of drug-likeness (QED) is 0.679. The molecule has 0 unspecified atom stereocenters. The first-order valence-electron chi connectivity index (χ1n) is 6.32. The Bertz CT molecular complexity index is 314. The molecule has 102 valence electrons. The number of anilines is 1. The van der Waals surface area contributed by atoms with E-state index in [4.69, 9.17) is 9.47 Å². The van der Waals surface area contributed by atoms with Crippen LogP contribution in [0, 0.1) is 0 Å². The fourth-order valence-corrected chi connectivity index (χ4v) is 1.68. The van der Waals surface area contributed by atoms with Gasteiger partial charge in [0.1, 0.15) is 5.75 Å². The summed E-state index contributed by atoms with van der Waals surface area (Å²) in [5, 5.41) is 3.40. The van der Waals surface area contributed by atoms with Crippen LogP contribution >= 0.6 is 0 Å². The van der Waals surface area contributed by atoms with Gasteiger partial charge in [-0.1, -0.05) is 0 Å². The number of likely N-dealkylation sites (N-methyl/N-ethyl adjacent to an activating group) is 1. The summed E-state index contributed by atoms with van der Waals surface area (Å²) < 4.78 is 10.1. The first-order chi connectivity index (χ1) is 8.77. The van der Waals surface area contributed by atoms with Crippen molar-refractivity contribution in [1.82, 2.24) is 5.32 Å². The minimum absolute atomic E-state index is 0.821. The van der Waals surface area contributed by atoms with Crippen molar-refractivity contribution in [3.8, 4) is 5.75 Å². The summed E-state index contributed by atoms with van der Waals surface area (Å²) in [6.45, 7) is 3.79. The molecule has 0 spiro atoms. The Kier molecular flexibility index (Phi) is 7.22. The third-order valence-corrected chi connectivity index (χ3v) is 2.84. The molecule has 1 aromatic carbocycles. The van der Waals surface area contributed by atoms with E-state index in [1.54, 1.807) is 14.2 Å². The zero-order valence-corrected chi connectivity index (χ0v) is 11.6. The number of ether oxygens (including phenoxy) is 2. The monoisotopic (exact) mass is 252 g/mol. The molecule has 0 aliphatic carbocycles. The van der Waals surface area contributed by atoms with Crippen molar-refractivity contribution in [3.05, 3.63) is 24.3 Å². The Hall–Kier alpha value is -1.26. The molecule has 1 rings (SSSR count). The van der Waals surface area contributed by atoms with Gasteiger partial charge in [-0.3, -0.25) is 0 Å². The lowest BCUT2D eigenvalue weighted by Crippen LogP contribution is -2.29. The second-order valence-corrected chi connectivity index (χ2v) is 4.22. The zero-order chi connectivity index (χ0) is 13.2. The molecule has 0 saturated carbocycles. The third-order valence-electron chi connectivity index (χ3n) is 2.84. The van der Waals surface area contributed by atoms with Gasteiger partial charge in [0.05, 0.1) is 7.11 Å². The number of hydrogen-bond acceptors (Lipinski definition) is 4. The molecule has 0 heterocycles. The Balaban J connectivity index is 2.21. The minimum Gasteiger partial charge on any atom is -0.497 e. The number of benzene rings is 1. The molecule has 0 aliphatic heterocycles. The van der Waals surface area contributed by atoms with E-state index in [9.17, 15) is 0 Å². The summed E-state index contributed by atoms with van der Waals surface area (Å²) in [6, 6.07) is 8.11. The van der Waals surface area contributed by atoms with E-state index in [0.29, 0.717) is 0 Å². The average Bonchev–Trinajstić information content (AvgIpc) is 2.42. The molecule has 0 radical (unpaired) electrons. The second kappa shape index (κ2) is 8.78. The first-order valence-corrected chi connectivity index (χ1v) is 6.32. The van der Waals surface area contributed by atoms with Crippen LogP contribution in [0.5, 0.6) is 5.75 Å². The predicted octanol–water partition coefficient (Wildman–Crippen LogP) is 1.76. The second-order valence-electron chi connectivity index (χ2n) is 4.22. The fraction of sp³-hybridized carbons (Fsp3) is 0.571. The molecule has 1 aromatic rings. The minimum atomic E-state index is 0.821. The molecule has 0 fully saturated rings. The maximum absolute atomic E-state index is 5.14. The van der Waals surface area contributed by atoms with Crippen LogP contribution in [0.1, 0.15) is 6.42 Å². The maximum Gasteiger partial charge on any atom is 0.119 e. The van der Waals surface area contributed by atoms with Crippen LogP contribution in [0.3, 0.4) is 0 Å². The van der Waals surface area contributed by atoms with Gasteiger partial charge >= 0.3 is 0 Å². The molecule has 4 nitrogen and oxygen atoms in total. The summed E-state index contributed by atoms with van der Waals surface area (Å²) in [5.41, 5.74) is 1.20. The highest BCUT2D eigenvalue weighted by Gasteiger charge is 2.00. The van der Waals surface area contributed by atoms with E-state index in [-0.39, 0.29) is 0 Å². The Morgan fingerprint density at radius 1 is 1.11 bits per heavy atom. The van der Waals surface area contributed by atoms with Gasteiger partial charge in [0.2, 0.25) is 0 Å². The lowest BCUT2D eigenvalue weighted by atomic mass is 10.3. The van der Waals surface area contributed by atoms with Gasteiger partial charge in [0.25, 0.3) is 0 Å². The van der Waals surface area contributed by atoms with Gasteiger partial charge < -0.3 is 19.7 Å². The normalized spacial score (nSPS) is 10.4. The summed E-state index contributed by atoms with van der Waals surface area (Å²) in [7, 11) is 5.51. The zero-order valence-electron chi connectivity index (χ0n) is 11.6. The van der Waals surface area contributed by atoms with Gasteiger partial charge in [-0.15, -0.1) is 0 Å². The van der Waals surface area contributed by atoms with Crippen LogP contribution in [0.15, 0.2) is 24.3 Å². The van der Waals surface area contributed by atoms with Crippen LogP contribution in [0.25, 0.3) is 0 Å². The topological polar surface area (TPSA) is 33.7 Å². The van der Waals surface area contributed by atoms with Crippen LogP contribution in [-0.4, -0.2) is 47.5 Å². The lowest BCUT2D eigenvalue weighted by Gasteiger charge is -2.19. The van der Waals surface area contributed by atoms with Crippen LogP contribution in [0.4, 0.5) is 5.69 Å². The van der Waals surface area contributed by atoms with Gasteiger partial charge in [-0.25, -0.2) is 0 Å². The largest absolute Gasteiger partial charge is 0.497 e. The summed E-state index contributed by atoms with van der Waals surface area (Å²) >= 11 is 0. The van der Waals surface area contributed by atoms with E-state index >= 15 is 0 Å². The van der Waals surface area contributed by atoms with Crippen molar-refractivity contribution >= 4 is 5.69 Å². The Morgan fingerprint density at radius 3 is 2.44 bits per heavy atom. The smallest absolute Gasteiger partial charge is 0.119 e. The molecular formula is C14H24N2O2.